The van der Waals surface area contributed by atoms with Gasteiger partial charge in [0.2, 0.25) is 5.95 Å². The van der Waals surface area contributed by atoms with Crippen molar-refractivity contribution < 1.29 is 0 Å². The quantitative estimate of drug-likeness (QED) is 0.624. The largest absolute Gasteiger partial charge is 0.324 e. The van der Waals surface area contributed by atoms with Gasteiger partial charge in [-0.05, 0) is 18.2 Å². The molecule has 0 amide bonds. The molecule has 0 aliphatic heterocycles. The molecule has 0 atom stereocenters. The summed E-state index contributed by atoms with van der Waals surface area (Å²) in [6, 6.07) is 15.6. The molecule has 24 heavy (non-hydrogen) atoms. The zero-order valence-corrected chi connectivity index (χ0v) is 12.7. The molecule has 0 spiro atoms. The smallest absolute Gasteiger partial charge is 0.229 e. The second-order valence-electron chi connectivity index (χ2n) is 5.09. The van der Waals surface area contributed by atoms with Gasteiger partial charge in [-0.1, -0.05) is 30.3 Å². The van der Waals surface area contributed by atoms with Gasteiger partial charge in [-0.2, -0.15) is 4.98 Å². The maximum Gasteiger partial charge on any atom is 0.229 e. The molecule has 0 bridgehead atoms. The van der Waals surface area contributed by atoms with Crippen molar-refractivity contribution >= 4 is 11.6 Å². The highest BCUT2D eigenvalue weighted by Crippen LogP contribution is 2.21. The topological polar surface area (TPSA) is 68.5 Å². The molecule has 0 radical (unpaired) electrons. The minimum atomic E-state index is 0.520. The van der Waals surface area contributed by atoms with E-state index in [4.69, 9.17) is 0 Å². The molecule has 6 nitrogen and oxygen atoms in total. The van der Waals surface area contributed by atoms with Crippen LogP contribution in [-0.2, 0) is 0 Å². The lowest BCUT2D eigenvalue weighted by Gasteiger charge is -2.09. The van der Waals surface area contributed by atoms with Gasteiger partial charge in [-0.15, -0.1) is 0 Å². The summed E-state index contributed by atoms with van der Waals surface area (Å²) in [5.74, 6) is 2.11. The Morgan fingerprint density at radius 3 is 2.46 bits per heavy atom. The average Bonchev–Trinajstić information content (AvgIpc) is 3.13. The molecule has 0 unspecified atom stereocenters. The lowest BCUT2D eigenvalue weighted by Crippen LogP contribution is -2.03. The molecule has 0 saturated heterocycles. The van der Waals surface area contributed by atoms with Crippen LogP contribution in [0, 0.1) is 0 Å². The molecule has 0 saturated carbocycles. The van der Waals surface area contributed by atoms with Crippen molar-refractivity contribution in [3.63, 3.8) is 0 Å². The van der Waals surface area contributed by atoms with Crippen molar-refractivity contribution in [1.82, 2.24) is 24.5 Å². The van der Waals surface area contributed by atoms with Gasteiger partial charge >= 0.3 is 0 Å². The fourth-order valence-electron chi connectivity index (χ4n) is 2.40. The summed E-state index contributed by atoms with van der Waals surface area (Å²) in [7, 11) is 0. The number of benzene rings is 1. The van der Waals surface area contributed by atoms with E-state index in [1.165, 1.54) is 0 Å². The summed E-state index contributed by atoms with van der Waals surface area (Å²) in [4.78, 5) is 17.3. The Morgan fingerprint density at radius 2 is 1.62 bits per heavy atom. The van der Waals surface area contributed by atoms with Gasteiger partial charge in [0.1, 0.15) is 11.6 Å². The molecule has 0 aliphatic rings. The van der Waals surface area contributed by atoms with Crippen LogP contribution >= 0.6 is 0 Å². The molecule has 4 aromatic rings. The normalized spacial score (nSPS) is 10.5. The van der Waals surface area contributed by atoms with Gasteiger partial charge in [0.15, 0.2) is 0 Å². The Morgan fingerprint density at radius 1 is 0.792 bits per heavy atom. The second-order valence-corrected chi connectivity index (χ2v) is 5.09. The summed E-state index contributed by atoms with van der Waals surface area (Å²) < 4.78 is 1.94. The molecule has 1 aromatic carbocycles. The zero-order valence-electron chi connectivity index (χ0n) is 12.7. The van der Waals surface area contributed by atoms with Crippen LogP contribution in [0.2, 0.25) is 0 Å². The molecule has 4 rings (SSSR count). The Hall–Kier alpha value is -3.54. The molecule has 1 N–H and O–H groups in total. The minimum Gasteiger partial charge on any atom is -0.324 e. The summed E-state index contributed by atoms with van der Waals surface area (Å²) in [6.45, 7) is 0. The van der Waals surface area contributed by atoms with E-state index in [-0.39, 0.29) is 0 Å². The Labute approximate surface area is 138 Å². The highest BCUT2D eigenvalue weighted by atomic mass is 15.2. The highest BCUT2D eigenvalue weighted by Gasteiger charge is 2.09. The number of rotatable bonds is 4. The van der Waals surface area contributed by atoms with E-state index in [2.05, 4.69) is 25.3 Å². The standard InChI is InChI=1S/C18H14N6/c1-2-4-14(5-3-1)17-20-12-13-24(17)16-8-11-21-18(23-16)22-15-6-9-19-10-7-15/h1-13H,(H,19,21,22,23). The first-order valence-electron chi connectivity index (χ1n) is 7.49. The van der Waals surface area contributed by atoms with E-state index in [9.17, 15) is 0 Å². The first-order valence-corrected chi connectivity index (χ1v) is 7.49. The molecule has 3 heterocycles. The van der Waals surface area contributed by atoms with Crippen LogP contribution in [0.25, 0.3) is 17.2 Å². The fourth-order valence-corrected chi connectivity index (χ4v) is 2.40. The molecular formula is C18H14N6. The Bertz CT molecular complexity index is 934. The van der Waals surface area contributed by atoms with Crippen LogP contribution in [0.1, 0.15) is 0 Å². The van der Waals surface area contributed by atoms with E-state index in [0.29, 0.717) is 5.95 Å². The number of imidazole rings is 1. The van der Waals surface area contributed by atoms with Crippen molar-refractivity contribution in [2.24, 2.45) is 0 Å². The van der Waals surface area contributed by atoms with Crippen LogP contribution in [0.3, 0.4) is 0 Å². The fraction of sp³-hybridized carbons (Fsp3) is 0. The summed E-state index contributed by atoms with van der Waals surface area (Å²) >= 11 is 0. The van der Waals surface area contributed by atoms with Crippen molar-refractivity contribution in [2.45, 2.75) is 0 Å². The van der Waals surface area contributed by atoms with Gasteiger partial charge in [0, 0.05) is 42.2 Å². The van der Waals surface area contributed by atoms with Gasteiger partial charge in [-0.3, -0.25) is 9.55 Å². The van der Waals surface area contributed by atoms with Crippen molar-refractivity contribution in [1.29, 1.82) is 0 Å². The molecular weight excluding hydrogens is 300 g/mol. The third-order valence-corrected chi connectivity index (χ3v) is 3.50. The number of hydrogen-bond donors (Lipinski definition) is 1. The predicted molar refractivity (Wildman–Crippen MR) is 92.1 cm³/mol. The van der Waals surface area contributed by atoms with Gasteiger partial charge in [-0.25, -0.2) is 9.97 Å². The average molecular weight is 314 g/mol. The Balaban J connectivity index is 1.69. The van der Waals surface area contributed by atoms with Gasteiger partial charge in [0.25, 0.3) is 0 Å². The van der Waals surface area contributed by atoms with Gasteiger partial charge in [0.05, 0.1) is 0 Å². The predicted octanol–water partition coefficient (Wildman–Crippen LogP) is 3.47. The Kier molecular flexibility index (Phi) is 3.69. The monoisotopic (exact) mass is 314 g/mol. The SMILES string of the molecule is c1ccc(-c2nccn2-c2ccnc(Nc3ccncc3)n2)cc1. The maximum absolute atomic E-state index is 4.58. The van der Waals surface area contributed by atoms with E-state index in [1.807, 2.05) is 59.3 Å². The maximum atomic E-state index is 4.58. The third kappa shape index (κ3) is 2.85. The van der Waals surface area contributed by atoms with Crippen LogP contribution in [0.4, 0.5) is 11.6 Å². The number of nitrogens with zero attached hydrogens (tertiary/aromatic N) is 5. The lowest BCUT2D eigenvalue weighted by atomic mass is 10.2. The number of nitrogens with one attached hydrogen (secondary N) is 1. The van der Waals surface area contributed by atoms with Crippen LogP contribution in [0.15, 0.2) is 79.5 Å². The van der Waals surface area contributed by atoms with Crippen LogP contribution < -0.4 is 5.32 Å². The molecule has 0 fully saturated rings. The van der Waals surface area contributed by atoms with Gasteiger partial charge < -0.3 is 5.32 Å². The first-order chi connectivity index (χ1) is 11.9. The summed E-state index contributed by atoms with van der Waals surface area (Å²) in [5.41, 5.74) is 1.92. The first kappa shape index (κ1) is 14.1. The minimum absolute atomic E-state index is 0.520. The lowest BCUT2D eigenvalue weighted by molar-refractivity contribution is 0.983. The number of anilines is 2. The number of aromatic nitrogens is 5. The van der Waals surface area contributed by atoms with E-state index in [0.717, 1.165) is 22.9 Å². The van der Waals surface area contributed by atoms with Crippen molar-refractivity contribution in [3.8, 4) is 17.2 Å². The van der Waals surface area contributed by atoms with Crippen molar-refractivity contribution in [3.05, 3.63) is 79.5 Å². The second kappa shape index (κ2) is 6.29. The molecule has 116 valence electrons. The molecule has 6 heteroatoms. The number of pyridine rings is 1. The van der Waals surface area contributed by atoms with E-state index < -0.39 is 0 Å². The van der Waals surface area contributed by atoms with E-state index >= 15 is 0 Å². The zero-order chi connectivity index (χ0) is 16.2. The highest BCUT2D eigenvalue weighted by molar-refractivity contribution is 5.58. The van der Waals surface area contributed by atoms with Crippen LogP contribution in [-0.4, -0.2) is 24.5 Å². The number of hydrogen-bond acceptors (Lipinski definition) is 5. The third-order valence-electron chi connectivity index (χ3n) is 3.50. The summed E-state index contributed by atoms with van der Waals surface area (Å²) in [6.07, 6.45) is 8.81. The molecule has 0 aliphatic carbocycles. The van der Waals surface area contributed by atoms with Crippen molar-refractivity contribution in [2.75, 3.05) is 5.32 Å². The summed E-state index contributed by atoms with van der Waals surface area (Å²) in [5, 5.41) is 3.17. The van der Waals surface area contributed by atoms with Crippen LogP contribution in [0.5, 0.6) is 0 Å². The van der Waals surface area contributed by atoms with E-state index in [1.54, 1.807) is 24.8 Å². The molecule has 3 aromatic heterocycles.